The van der Waals surface area contributed by atoms with Gasteiger partial charge in [0, 0.05) is 12.7 Å². The van der Waals surface area contributed by atoms with Crippen LogP contribution in [0.25, 0.3) is 0 Å². The zero-order valence-corrected chi connectivity index (χ0v) is 17.3. The minimum absolute atomic E-state index is 0.275. The van der Waals surface area contributed by atoms with Crippen molar-refractivity contribution in [3.8, 4) is 0 Å². The molecule has 0 radical (unpaired) electrons. The molecule has 2 amide bonds. The van der Waals surface area contributed by atoms with Gasteiger partial charge in [-0.3, -0.25) is 9.59 Å². The Morgan fingerprint density at radius 3 is 2.50 bits per heavy atom. The van der Waals surface area contributed by atoms with Gasteiger partial charge in [-0.2, -0.15) is 0 Å². The summed E-state index contributed by atoms with van der Waals surface area (Å²) in [6.45, 7) is 6.43. The third kappa shape index (κ3) is 3.81. The first-order valence-electron chi connectivity index (χ1n) is 10.1. The fraction of sp³-hybridized carbons (Fsp3) is 0.250. The van der Waals surface area contributed by atoms with Gasteiger partial charge in [-0.15, -0.1) is 0 Å². The van der Waals surface area contributed by atoms with Crippen molar-refractivity contribution in [2.45, 2.75) is 33.1 Å². The second-order valence-electron chi connectivity index (χ2n) is 7.70. The van der Waals surface area contributed by atoms with Crippen LogP contribution in [-0.4, -0.2) is 28.3 Å². The average Bonchev–Trinajstić information content (AvgIpc) is 2.72. The highest BCUT2D eigenvalue weighted by Crippen LogP contribution is 2.31. The molecule has 152 valence electrons. The van der Waals surface area contributed by atoms with Crippen LogP contribution in [0.4, 0.5) is 11.6 Å². The number of imide groups is 1. The number of amides is 2. The van der Waals surface area contributed by atoms with Crippen LogP contribution in [0.3, 0.4) is 0 Å². The Morgan fingerprint density at radius 2 is 1.77 bits per heavy atom. The lowest BCUT2D eigenvalue weighted by Crippen LogP contribution is -2.45. The predicted molar refractivity (Wildman–Crippen MR) is 117 cm³/mol. The second-order valence-corrected chi connectivity index (χ2v) is 7.70. The van der Waals surface area contributed by atoms with Gasteiger partial charge in [0.25, 0.3) is 5.91 Å². The lowest BCUT2D eigenvalue weighted by atomic mass is 9.95. The maximum atomic E-state index is 13.0. The van der Waals surface area contributed by atoms with E-state index < -0.39 is 5.92 Å². The predicted octanol–water partition coefficient (Wildman–Crippen LogP) is 4.04. The molecule has 0 spiro atoms. The summed E-state index contributed by atoms with van der Waals surface area (Å²) >= 11 is 0. The Labute approximate surface area is 176 Å². The fourth-order valence-corrected chi connectivity index (χ4v) is 3.70. The summed E-state index contributed by atoms with van der Waals surface area (Å²) in [6.07, 6.45) is 2.35. The molecule has 1 atom stereocenters. The number of nitrogens with one attached hydrogen (secondary N) is 1. The van der Waals surface area contributed by atoms with E-state index in [0.717, 1.165) is 12.0 Å². The molecule has 30 heavy (non-hydrogen) atoms. The summed E-state index contributed by atoms with van der Waals surface area (Å²) in [7, 11) is 0. The molecule has 6 heteroatoms. The Bertz CT molecular complexity index is 1130. The molecule has 0 saturated heterocycles. The highest BCUT2D eigenvalue weighted by molar-refractivity contribution is 6.25. The van der Waals surface area contributed by atoms with Crippen LogP contribution < -0.4 is 10.2 Å². The SMILES string of the molecule is Cc1cccc(CCNc2ncc3c(n2)C(C)C(=O)N(c2cccc(C)c2)C3=O)c1. The first-order chi connectivity index (χ1) is 14.4. The molecule has 4 rings (SSSR count). The monoisotopic (exact) mass is 400 g/mol. The molecule has 1 aromatic heterocycles. The van der Waals surface area contributed by atoms with Gasteiger partial charge in [0.1, 0.15) is 0 Å². The smallest absolute Gasteiger partial charge is 0.268 e. The van der Waals surface area contributed by atoms with Crippen molar-refractivity contribution in [3.63, 3.8) is 0 Å². The average molecular weight is 400 g/mol. The van der Waals surface area contributed by atoms with Crippen LogP contribution in [0.15, 0.2) is 54.7 Å². The van der Waals surface area contributed by atoms with E-state index in [4.69, 9.17) is 0 Å². The summed E-state index contributed by atoms with van der Waals surface area (Å²) in [4.78, 5) is 36.1. The van der Waals surface area contributed by atoms with Crippen molar-refractivity contribution in [3.05, 3.63) is 82.7 Å². The van der Waals surface area contributed by atoms with Gasteiger partial charge in [-0.1, -0.05) is 42.0 Å². The topological polar surface area (TPSA) is 75.2 Å². The van der Waals surface area contributed by atoms with Crippen LogP contribution >= 0.6 is 0 Å². The molecule has 1 aliphatic heterocycles. The molecule has 6 nitrogen and oxygen atoms in total. The highest BCUT2D eigenvalue weighted by Gasteiger charge is 2.39. The van der Waals surface area contributed by atoms with Gasteiger partial charge in [0.15, 0.2) is 0 Å². The molecule has 1 unspecified atom stereocenters. The van der Waals surface area contributed by atoms with E-state index in [1.165, 1.54) is 22.2 Å². The van der Waals surface area contributed by atoms with Crippen molar-refractivity contribution < 1.29 is 9.59 Å². The molecular weight excluding hydrogens is 376 g/mol. The van der Waals surface area contributed by atoms with Gasteiger partial charge < -0.3 is 5.32 Å². The number of carbonyl (C=O) groups excluding carboxylic acids is 2. The maximum Gasteiger partial charge on any atom is 0.268 e. The van der Waals surface area contributed by atoms with Crippen molar-refractivity contribution in [2.75, 3.05) is 16.8 Å². The van der Waals surface area contributed by atoms with Crippen molar-refractivity contribution in [1.29, 1.82) is 0 Å². The number of fused-ring (bicyclic) bond motifs is 1. The summed E-state index contributed by atoms with van der Waals surface area (Å²) in [5.74, 6) is -0.760. The van der Waals surface area contributed by atoms with E-state index >= 15 is 0 Å². The summed E-state index contributed by atoms with van der Waals surface area (Å²) in [6, 6.07) is 15.7. The normalized spacial score (nSPS) is 15.8. The molecule has 0 saturated carbocycles. The molecule has 1 N–H and O–H groups in total. The van der Waals surface area contributed by atoms with E-state index in [9.17, 15) is 9.59 Å². The number of aryl methyl sites for hydroxylation is 2. The number of rotatable bonds is 5. The van der Waals surface area contributed by atoms with E-state index in [1.807, 2.05) is 31.2 Å². The first-order valence-corrected chi connectivity index (χ1v) is 10.1. The lowest BCUT2D eigenvalue weighted by Gasteiger charge is -2.30. The summed E-state index contributed by atoms with van der Waals surface area (Å²) in [5, 5.41) is 3.20. The van der Waals surface area contributed by atoms with Crippen LogP contribution in [0, 0.1) is 13.8 Å². The Kier molecular flexibility index (Phi) is 5.31. The van der Waals surface area contributed by atoms with Gasteiger partial charge in [-0.05, 0) is 50.5 Å². The van der Waals surface area contributed by atoms with Crippen LogP contribution in [0.1, 0.15) is 45.6 Å². The third-order valence-electron chi connectivity index (χ3n) is 5.29. The van der Waals surface area contributed by atoms with E-state index in [0.29, 0.717) is 29.4 Å². The number of anilines is 2. The molecule has 2 aromatic carbocycles. The van der Waals surface area contributed by atoms with Crippen LogP contribution in [0.5, 0.6) is 0 Å². The second kappa shape index (κ2) is 8.06. The number of hydrogen-bond acceptors (Lipinski definition) is 5. The molecule has 2 heterocycles. The first kappa shape index (κ1) is 19.8. The van der Waals surface area contributed by atoms with Crippen molar-refractivity contribution >= 4 is 23.5 Å². The minimum atomic E-state index is -0.529. The molecule has 3 aromatic rings. The highest BCUT2D eigenvalue weighted by atomic mass is 16.2. The number of hydrogen-bond donors (Lipinski definition) is 1. The molecular formula is C24H24N4O2. The lowest BCUT2D eigenvalue weighted by molar-refractivity contribution is -0.119. The zero-order chi connectivity index (χ0) is 21.3. The summed E-state index contributed by atoms with van der Waals surface area (Å²) in [5.41, 5.74) is 4.85. The molecule has 0 fully saturated rings. The number of benzene rings is 2. The zero-order valence-electron chi connectivity index (χ0n) is 17.3. The van der Waals surface area contributed by atoms with Gasteiger partial charge >= 0.3 is 0 Å². The van der Waals surface area contributed by atoms with E-state index in [2.05, 4.69) is 40.4 Å². The van der Waals surface area contributed by atoms with Gasteiger partial charge in [0.2, 0.25) is 11.9 Å². The number of nitrogens with zero attached hydrogens (tertiary/aromatic N) is 3. The van der Waals surface area contributed by atoms with Crippen molar-refractivity contribution in [2.24, 2.45) is 0 Å². The van der Waals surface area contributed by atoms with Gasteiger partial charge in [-0.25, -0.2) is 14.9 Å². The Hall–Kier alpha value is -3.54. The number of carbonyl (C=O) groups is 2. The van der Waals surface area contributed by atoms with Crippen LogP contribution in [0.2, 0.25) is 0 Å². The largest absolute Gasteiger partial charge is 0.354 e. The summed E-state index contributed by atoms with van der Waals surface area (Å²) < 4.78 is 0. The Morgan fingerprint density at radius 1 is 1.03 bits per heavy atom. The quantitative estimate of drug-likeness (QED) is 0.654. The fourth-order valence-electron chi connectivity index (χ4n) is 3.70. The van der Waals surface area contributed by atoms with Crippen molar-refractivity contribution in [1.82, 2.24) is 9.97 Å². The van der Waals surface area contributed by atoms with Gasteiger partial charge in [0.05, 0.1) is 22.9 Å². The van der Waals surface area contributed by atoms with E-state index in [1.54, 1.807) is 13.0 Å². The third-order valence-corrected chi connectivity index (χ3v) is 5.29. The molecule has 0 bridgehead atoms. The minimum Gasteiger partial charge on any atom is -0.354 e. The van der Waals surface area contributed by atoms with Crippen LogP contribution in [-0.2, 0) is 11.2 Å². The van der Waals surface area contributed by atoms with E-state index in [-0.39, 0.29) is 11.8 Å². The molecule has 1 aliphatic rings. The Balaban J connectivity index is 1.54. The number of aromatic nitrogens is 2. The standard InChI is InChI=1S/C24H24N4O2/c1-15-6-4-8-18(12-15)10-11-25-24-26-14-20-21(27-24)17(3)22(29)28(23(20)30)19-9-5-7-16(2)13-19/h4-9,12-14,17H,10-11H2,1-3H3,(H,25,26,27). The maximum absolute atomic E-state index is 13.0. The molecule has 0 aliphatic carbocycles.